The summed E-state index contributed by atoms with van der Waals surface area (Å²) in [4.78, 5) is 3.71. The summed E-state index contributed by atoms with van der Waals surface area (Å²) in [5.41, 5.74) is -1.07. The van der Waals surface area contributed by atoms with E-state index in [0.717, 1.165) is 24.6 Å². The van der Waals surface area contributed by atoms with Gasteiger partial charge in [-0.2, -0.15) is 13.2 Å². The molecule has 0 N–H and O–H groups in total. The van der Waals surface area contributed by atoms with Crippen LogP contribution in [0.5, 0.6) is 0 Å². The number of alkyl halides is 3. The van der Waals surface area contributed by atoms with Crippen molar-refractivity contribution in [2.45, 2.75) is 12.2 Å². The van der Waals surface area contributed by atoms with Crippen LogP contribution >= 0.6 is 0 Å². The molecule has 2 rings (SSSR count). The third kappa shape index (κ3) is 2.00. The number of ether oxygens (including phenoxy) is 1. The highest BCUT2D eigenvalue weighted by Crippen LogP contribution is 2.36. The van der Waals surface area contributed by atoms with Crippen molar-refractivity contribution in [3.63, 3.8) is 0 Å². The Labute approximate surface area is 88.6 Å². The van der Waals surface area contributed by atoms with Crippen molar-refractivity contribution in [1.82, 2.24) is 0 Å². The van der Waals surface area contributed by atoms with Crippen LogP contribution in [0.25, 0.3) is 0 Å². The Morgan fingerprint density at radius 2 is 2.06 bits per heavy atom. The Morgan fingerprint density at radius 1 is 1.31 bits per heavy atom. The lowest BCUT2D eigenvalue weighted by Gasteiger charge is -2.15. The van der Waals surface area contributed by atoms with Crippen LogP contribution in [-0.2, 0) is 10.9 Å². The standard InChI is InChI=1S/C10H7F4NO/c11-6-1-2-8(10(12,13)14)7(3-6)9-4-16-5-15-9/h1-3,5,9H,4H2. The SMILES string of the molecule is Fc1ccc(C(F)(F)F)c(C2COC=N2)c1. The number of rotatable bonds is 1. The fourth-order valence-corrected chi connectivity index (χ4v) is 1.53. The largest absolute Gasteiger partial charge is 0.481 e. The maximum atomic E-state index is 12.9. The molecule has 0 aliphatic carbocycles. The van der Waals surface area contributed by atoms with Crippen molar-refractivity contribution in [2.24, 2.45) is 4.99 Å². The highest BCUT2D eigenvalue weighted by molar-refractivity contribution is 5.51. The molecule has 0 saturated heterocycles. The molecule has 0 saturated carbocycles. The maximum Gasteiger partial charge on any atom is 0.416 e. The van der Waals surface area contributed by atoms with Gasteiger partial charge in [-0.3, -0.25) is 0 Å². The number of benzene rings is 1. The molecule has 6 heteroatoms. The first-order valence-electron chi connectivity index (χ1n) is 4.48. The quantitative estimate of drug-likeness (QED) is 0.683. The van der Waals surface area contributed by atoms with E-state index in [4.69, 9.17) is 4.74 Å². The number of halogens is 4. The molecule has 1 aromatic carbocycles. The smallest absolute Gasteiger partial charge is 0.416 e. The highest BCUT2D eigenvalue weighted by atomic mass is 19.4. The molecule has 2 nitrogen and oxygen atoms in total. The fourth-order valence-electron chi connectivity index (χ4n) is 1.53. The zero-order valence-electron chi connectivity index (χ0n) is 7.96. The van der Waals surface area contributed by atoms with Gasteiger partial charge in [0, 0.05) is 0 Å². The second-order valence-corrected chi connectivity index (χ2v) is 3.33. The van der Waals surface area contributed by atoms with Gasteiger partial charge in [-0.15, -0.1) is 0 Å². The Balaban J connectivity index is 2.48. The molecule has 1 atom stereocenters. The molecule has 1 aliphatic heterocycles. The van der Waals surface area contributed by atoms with Crippen LogP contribution in [0.3, 0.4) is 0 Å². The summed E-state index contributed by atoms with van der Waals surface area (Å²) in [6.07, 6.45) is -3.43. The van der Waals surface area contributed by atoms with Crippen molar-refractivity contribution >= 4 is 6.40 Å². The number of hydrogen-bond acceptors (Lipinski definition) is 2. The van der Waals surface area contributed by atoms with Crippen molar-refractivity contribution < 1.29 is 22.3 Å². The third-order valence-corrected chi connectivity index (χ3v) is 2.25. The monoisotopic (exact) mass is 233 g/mol. The molecule has 86 valence electrons. The van der Waals surface area contributed by atoms with Crippen molar-refractivity contribution in [2.75, 3.05) is 6.61 Å². The number of nitrogens with zero attached hydrogens (tertiary/aromatic N) is 1. The van der Waals surface area contributed by atoms with Crippen LogP contribution < -0.4 is 0 Å². The number of aliphatic imine (C=N–C) groups is 1. The molecule has 0 spiro atoms. The summed E-state index contributed by atoms with van der Waals surface area (Å²) >= 11 is 0. The zero-order valence-corrected chi connectivity index (χ0v) is 7.96. The van der Waals surface area contributed by atoms with E-state index in [1.165, 1.54) is 0 Å². The average Bonchev–Trinajstić information content (AvgIpc) is 2.68. The van der Waals surface area contributed by atoms with Gasteiger partial charge in [0.25, 0.3) is 0 Å². The molecule has 0 amide bonds. The van der Waals surface area contributed by atoms with Crippen LogP contribution in [0.4, 0.5) is 17.6 Å². The van der Waals surface area contributed by atoms with E-state index in [0.29, 0.717) is 0 Å². The summed E-state index contributed by atoms with van der Waals surface area (Å²) < 4.78 is 55.5. The van der Waals surface area contributed by atoms with Crippen molar-refractivity contribution in [3.8, 4) is 0 Å². The van der Waals surface area contributed by atoms with E-state index in [2.05, 4.69) is 4.99 Å². The fraction of sp³-hybridized carbons (Fsp3) is 0.300. The van der Waals surface area contributed by atoms with Crippen LogP contribution in [0.15, 0.2) is 23.2 Å². The van der Waals surface area contributed by atoms with E-state index in [1.807, 2.05) is 0 Å². The normalized spacial score (nSPS) is 19.9. The molecule has 1 heterocycles. The molecule has 0 fully saturated rings. The van der Waals surface area contributed by atoms with E-state index in [1.54, 1.807) is 0 Å². The van der Waals surface area contributed by atoms with Gasteiger partial charge >= 0.3 is 6.18 Å². The third-order valence-electron chi connectivity index (χ3n) is 2.25. The molecular formula is C10H7F4NO. The Hall–Kier alpha value is -1.59. The summed E-state index contributed by atoms with van der Waals surface area (Å²) in [6.45, 7) is 0.00648. The number of hydrogen-bond donors (Lipinski definition) is 0. The van der Waals surface area contributed by atoms with E-state index < -0.39 is 23.6 Å². The molecule has 1 unspecified atom stereocenters. The first-order valence-corrected chi connectivity index (χ1v) is 4.48. The van der Waals surface area contributed by atoms with E-state index in [9.17, 15) is 17.6 Å². The Kier molecular flexibility index (Phi) is 2.57. The van der Waals surface area contributed by atoms with E-state index in [-0.39, 0.29) is 12.2 Å². The van der Waals surface area contributed by atoms with Crippen molar-refractivity contribution in [1.29, 1.82) is 0 Å². The minimum atomic E-state index is -4.51. The Bertz CT molecular complexity index is 427. The lowest BCUT2D eigenvalue weighted by atomic mass is 10.0. The molecule has 1 aromatic rings. The summed E-state index contributed by atoms with van der Waals surface area (Å²) in [6, 6.07) is 1.57. The molecular weight excluding hydrogens is 226 g/mol. The van der Waals surface area contributed by atoms with Crippen molar-refractivity contribution in [3.05, 3.63) is 35.1 Å². The van der Waals surface area contributed by atoms with Crippen LogP contribution in [-0.4, -0.2) is 13.0 Å². The van der Waals surface area contributed by atoms with Crippen LogP contribution in [0, 0.1) is 5.82 Å². The van der Waals surface area contributed by atoms with Gasteiger partial charge in [0.15, 0.2) is 6.40 Å². The molecule has 1 aliphatic rings. The lowest BCUT2D eigenvalue weighted by Crippen LogP contribution is -2.12. The predicted octanol–water partition coefficient (Wildman–Crippen LogP) is 2.94. The second kappa shape index (κ2) is 3.77. The van der Waals surface area contributed by atoms with Gasteiger partial charge in [0.2, 0.25) is 0 Å². The van der Waals surface area contributed by atoms with Crippen LogP contribution in [0.2, 0.25) is 0 Å². The molecule has 0 aromatic heterocycles. The van der Waals surface area contributed by atoms with E-state index >= 15 is 0 Å². The predicted molar refractivity (Wildman–Crippen MR) is 48.6 cm³/mol. The average molecular weight is 233 g/mol. The van der Waals surface area contributed by atoms with Gasteiger partial charge in [-0.05, 0) is 23.8 Å². The molecule has 0 bridgehead atoms. The van der Waals surface area contributed by atoms with Gasteiger partial charge in [0.05, 0.1) is 5.56 Å². The second-order valence-electron chi connectivity index (χ2n) is 3.33. The first kappa shape index (κ1) is 10.9. The summed E-state index contributed by atoms with van der Waals surface area (Å²) in [5.74, 6) is -0.717. The van der Waals surface area contributed by atoms with Gasteiger partial charge in [-0.25, -0.2) is 9.38 Å². The molecule has 0 radical (unpaired) electrons. The first-order chi connectivity index (χ1) is 7.48. The van der Waals surface area contributed by atoms with Gasteiger partial charge in [0.1, 0.15) is 18.5 Å². The maximum absolute atomic E-state index is 12.9. The minimum Gasteiger partial charge on any atom is -0.481 e. The van der Waals surface area contributed by atoms with Crippen LogP contribution in [0.1, 0.15) is 17.2 Å². The van der Waals surface area contributed by atoms with Gasteiger partial charge in [-0.1, -0.05) is 0 Å². The summed E-state index contributed by atoms with van der Waals surface area (Å²) in [7, 11) is 0. The van der Waals surface area contributed by atoms with Gasteiger partial charge < -0.3 is 4.74 Å². The highest BCUT2D eigenvalue weighted by Gasteiger charge is 2.36. The lowest BCUT2D eigenvalue weighted by molar-refractivity contribution is -0.138. The minimum absolute atomic E-state index is 0.00648. The topological polar surface area (TPSA) is 21.6 Å². The summed E-state index contributed by atoms with van der Waals surface area (Å²) in [5, 5.41) is 0. The Morgan fingerprint density at radius 3 is 2.62 bits per heavy atom. The zero-order chi connectivity index (χ0) is 11.8. The molecule has 16 heavy (non-hydrogen) atoms.